The summed E-state index contributed by atoms with van der Waals surface area (Å²) in [5, 5.41) is 3.12. The van der Waals surface area contributed by atoms with Crippen molar-refractivity contribution in [1.29, 1.82) is 0 Å². The van der Waals surface area contributed by atoms with Crippen LogP contribution in [0.15, 0.2) is 24.3 Å². The number of rotatable bonds is 8. The standard InChI is InChI=1S/C17H23NO3/c1-20-15-8-6-14(7-9-15)17(13-4-5-13)18-16(19)11-21-10-12-2-3-12/h6-9,12-13,17H,2-5,10-11H2,1H3,(H,18,19)/t17-/m1/s1. The van der Waals surface area contributed by atoms with Crippen LogP contribution in [0.5, 0.6) is 5.75 Å². The molecule has 2 aliphatic carbocycles. The molecule has 1 amide bonds. The van der Waals surface area contributed by atoms with Crippen molar-refractivity contribution in [2.75, 3.05) is 20.3 Å². The van der Waals surface area contributed by atoms with Crippen molar-refractivity contribution >= 4 is 5.91 Å². The summed E-state index contributed by atoms with van der Waals surface area (Å²) < 4.78 is 10.6. The Morgan fingerprint density at radius 3 is 2.52 bits per heavy atom. The monoisotopic (exact) mass is 289 g/mol. The van der Waals surface area contributed by atoms with Gasteiger partial charge in [0.2, 0.25) is 5.91 Å². The van der Waals surface area contributed by atoms with E-state index in [1.165, 1.54) is 25.7 Å². The molecule has 0 aliphatic heterocycles. The second-order valence-electron chi connectivity index (χ2n) is 6.11. The molecule has 2 fully saturated rings. The number of carbonyl (C=O) groups excluding carboxylic acids is 1. The first kappa shape index (κ1) is 14.4. The molecule has 0 spiro atoms. The van der Waals surface area contributed by atoms with E-state index in [4.69, 9.17) is 9.47 Å². The molecule has 0 unspecified atom stereocenters. The number of hydrogen-bond acceptors (Lipinski definition) is 3. The molecule has 1 atom stereocenters. The second kappa shape index (κ2) is 6.48. The average Bonchev–Trinajstić information content (AvgIpc) is 3.38. The van der Waals surface area contributed by atoms with Gasteiger partial charge in [-0.1, -0.05) is 12.1 Å². The summed E-state index contributed by atoms with van der Waals surface area (Å²) in [6.07, 6.45) is 4.86. The molecule has 1 N–H and O–H groups in total. The quantitative estimate of drug-likeness (QED) is 0.800. The smallest absolute Gasteiger partial charge is 0.246 e. The first-order chi connectivity index (χ1) is 10.3. The van der Waals surface area contributed by atoms with Gasteiger partial charge in [-0.15, -0.1) is 0 Å². The maximum atomic E-state index is 12.0. The molecule has 1 aromatic rings. The molecule has 4 heteroatoms. The molecular weight excluding hydrogens is 266 g/mol. The Balaban J connectivity index is 1.54. The normalized spacial score (nSPS) is 19.1. The molecule has 3 rings (SSSR count). The van der Waals surface area contributed by atoms with Crippen molar-refractivity contribution in [2.24, 2.45) is 11.8 Å². The average molecular weight is 289 g/mol. The molecule has 0 radical (unpaired) electrons. The van der Waals surface area contributed by atoms with Crippen molar-refractivity contribution in [3.8, 4) is 5.75 Å². The maximum Gasteiger partial charge on any atom is 0.246 e. The van der Waals surface area contributed by atoms with E-state index in [1.54, 1.807) is 7.11 Å². The van der Waals surface area contributed by atoms with Crippen LogP contribution in [0.1, 0.15) is 37.3 Å². The highest BCUT2D eigenvalue weighted by Crippen LogP contribution is 2.41. The van der Waals surface area contributed by atoms with Gasteiger partial charge in [-0.05, 0) is 55.2 Å². The minimum absolute atomic E-state index is 0.0108. The lowest BCUT2D eigenvalue weighted by Gasteiger charge is -2.19. The third-order valence-electron chi connectivity index (χ3n) is 4.17. The molecule has 1 aromatic carbocycles. The van der Waals surface area contributed by atoms with Gasteiger partial charge >= 0.3 is 0 Å². The van der Waals surface area contributed by atoms with Crippen molar-refractivity contribution in [3.63, 3.8) is 0 Å². The van der Waals surface area contributed by atoms with E-state index in [0.717, 1.165) is 17.9 Å². The lowest BCUT2D eigenvalue weighted by molar-refractivity contribution is -0.126. The largest absolute Gasteiger partial charge is 0.497 e. The number of nitrogens with one attached hydrogen (secondary N) is 1. The van der Waals surface area contributed by atoms with Gasteiger partial charge in [-0.3, -0.25) is 4.79 Å². The second-order valence-corrected chi connectivity index (χ2v) is 6.11. The number of benzene rings is 1. The predicted octanol–water partition coefficient (Wildman–Crippen LogP) is 2.69. The SMILES string of the molecule is COc1ccc([C@H](NC(=O)COCC2CC2)C2CC2)cc1. The Morgan fingerprint density at radius 2 is 1.95 bits per heavy atom. The van der Waals surface area contributed by atoms with Crippen molar-refractivity contribution < 1.29 is 14.3 Å². The minimum Gasteiger partial charge on any atom is -0.497 e. The highest BCUT2D eigenvalue weighted by molar-refractivity contribution is 5.77. The van der Waals surface area contributed by atoms with Crippen LogP contribution in [0, 0.1) is 11.8 Å². The van der Waals surface area contributed by atoms with Crippen LogP contribution in [-0.2, 0) is 9.53 Å². The predicted molar refractivity (Wildman–Crippen MR) is 80.1 cm³/mol. The molecule has 4 nitrogen and oxygen atoms in total. The Hall–Kier alpha value is -1.55. The summed E-state index contributed by atoms with van der Waals surface area (Å²) in [5.41, 5.74) is 1.15. The summed E-state index contributed by atoms with van der Waals surface area (Å²) in [6, 6.07) is 8.06. The molecular formula is C17H23NO3. The molecule has 0 bridgehead atoms. The Bertz CT molecular complexity index is 477. The minimum atomic E-state index is -0.0108. The van der Waals surface area contributed by atoms with Gasteiger partial charge in [-0.2, -0.15) is 0 Å². The molecule has 2 saturated carbocycles. The number of amides is 1. The maximum absolute atomic E-state index is 12.0. The van der Waals surface area contributed by atoms with Gasteiger partial charge in [0.15, 0.2) is 0 Å². The lowest BCUT2D eigenvalue weighted by atomic mass is 10.0. The van der Waals surface area contributed by atoms with Gasteiger partial charge in [0.25, 0.3) is 0 Å². The number of carbonyl (C=O) groups is 1. The highest BCUT2D eigenvalue weighted by Gasteiger charge is 2.33. The Labute approximate surface area is 125 Å². The summed E-state index contributed by atoms with van der Waals surface area (Å²) in [5.74, 6) is 2.08. The summed E-state index contributed by atoms with van der Waals surface area (Å²) >= 11 is 0. The molecule has 0 aromatic heterocycles. The van der Waals surface area contributed by atoms with E-state index in [-0.39, 0.29) is 18.6 Å². The summed E-state index contributed by atoms with van der Waals surface area (Å²) in [7, 11) is 1.66. The van der Waals surface area contributed by atoms with Gasteiger partial charge in [0.1, 0.15) is 12.4 Å². The first-order valence-corrected chi connectivity index (χ1v) is 7.77. The molecule has 0 heterocycles. The first-order valence-electron chi connectivity index (χ1n) is 7.77. The van der Waals surface area contributed by atoms with Crippen molar-refractivity contribution in [2.45, 2.75) is 31.7 Å². The van der Waals surface area contributed by atoms with Crippen LogP contribution in [0.4, 0.5) is 0 Å². The van der Waals surface area contributed by atoms with Crippen LogP contribution >= 0.6 is 0 Å². The molecule has 114 valence electrons. The van der Waals surface area contributed by atoms with Crippen LogP contribution in [-0.4, -0.2) is 26.2 Å². The van der Waals surface area contributed by atoms with Gasteiger partial charge in [-0.25, -0.2) is 0 Å². The van der Waals surface area contributed by atoms with Crippen LogP contribution in [0.2, 0.25) is 0 Å². The summed E-state index contributed by atoms with van der Waals surface area (Å²) in [4.78, 5) is 12.0. The molecule has 2 aliphatic rings. The summed E-state index contributed by atoms with van der Waals surface area (Å²) in [6.45, 7) is 0.903. The highest BCUT2D eigenvalue weighted by atomic mass is 16.5. The number of methoxy groups -OCH3 is 1. The third-order valence-corrected chi connectivity index (χ3v) is 4.17. The van der Waals surface area contributed by atoms with Crippen LogP contribution < -0.4 is 10.1 Å². The number of hydrogen-bond donors (Lipinski definition) is 1. The van der Waals surface area contributed by atoms with E-state index >= 15 is 0 Å². The van der Waals surface area contributed by atoms with E-state index in [1.807, 2.05) is 24.3 Å². The van der Waals surface area contributed by atoms with Crippen LogP contribution in [0.25, 0.3) is 0 Å². The van der Waals surface area contributed by atoms with Gasteiger partial charge < -0.3 is 14.8 Å². The van der Waals surface area contributed by atoms with E-state index in [0.29, 0.717) is 11.8 Å². The fourth-order valence-electron chi connectivity index (χ4n) is 2.53. The van der Waals surface area contributed by atoms with Crippen molar-refractivity contribution in [1.82, 2.24) is 5.32 Å². The third kappa shape index (κ3) is 4.21. The van der Waals surface area contributed by atoms with E-state index in [2.05, 4.69) is 5.32 Å². The Kier molecular flexibility index (Phi) is 4.44. The Morgan fingerprint density at radius 1 is 1.24 bits per heavy atom. The van der Waals surface area contributed by atoms with Crippen molar-refractivity contribution in [3.05, 3.63) is 29.8 Å². The molecule has 0 saturated heterocycles. The topological polar surface area (TPSA) is 47.6 Å². The fourth-order valence-corrected chi connectivity index (χ4v) is 2.53. The van der Waals surface area contributed by atoms with Crippen LogP contribution in [0.3, 0.4) is 0 Å². The zero-order valence-electron chi connectivity index (χ0n) is 12.5. The number of ether oxygens (including phenoxy) is 2. The lowest BCUT2D eigenvalue weighted by Crippen LogP contribution is -2.33. The van der Waals surface area contributed by atoms with Gasteiger partial charge in [0.05, 0.1) is 19.8 Å². The van der Waals surface area contributed by atoms with E-state index in [9.17, 15) is 4.79 Å². The molecule has 21 heavy (non-hydrogen) atoms. The zero-order chi connectivity index (χ0) is 14.7. The van der Waals surface area contributed by atoms with Gasteiger partial charge in [0, 0.05) is 0 Å². The zero-order valence-corrected chi connectivity index (χ0v) is 12.5. The van der Waals surface area contributed by atoms with E-state index < -0.39 is 0 Å². The fraction of sp³-hybridized carbons (Fsp3) is 0.588.